The fourth-order valence-corrected chi connectivity index (χ4v) is 2.57. The largest absolute Gasteiger partial charge is 0.495 e. The molecule has 0 radical (unpaired) electrons. The number of carbonyl (C=O) groups is 1. The molecule has 1 atom stereocenters. The minimum absolute atomic E-state index is 0.000735. The van der Waals surface area contributed by atoms with Crippen LogP contribution in [0.3, 0.4) is 0 Å². The molecule has 1 amide bonds. The molecule has 1 aromatic carbocycles. The van der Waals surface area contributed by atoms with Gasteiger partial charge in [-0.3, -0.25) is 4.79 Å². The van der Waals surface area contributed by atoms with Crippen LogP contribution in [0.1, 0.15) is 30.0 Å². The molecule has 2 rings (SSSR count). The number of likely N-dealkylation sites (tertiary alicyclic amines) is 1. The molecule has 102 valence electrons. The molecule has 1 heterocycles. The number of rotatable bonds is 4. The van der Waals surface area contributed by atoms with Crippen molar-refractivity contribution in [3.63, 3.8) is 0 Å². The Bertz CT molecular complexity index is 485. The Hall–Kier alpha value is -1.97. The highest BCUT2D eigenvalue weighted by molar-refractivity contribution is 5.79. The summed E-state index contributed by atoms with van der Waals surface area (Å²) in [5, 5.41) is 11.6. The smallest absolute Gasteiger partial charge is 0.242 e. The Labute approximate surface area is 113 Å². The molecule has 1 saturated heterocycles. The van der Waals surface area contributed by atoms with E-state index in [0.29, 0.717) is 0 Å². The topological polar surface area (TPSA) is 52.6 Å². The molecule has 19 heavy (non-hydrogen) atoms. The number of hydrogen-bond donors (Lipinski definition) is 2. The van der Waals surface area contributed by atoms with E-state index < -0.39 is 0 Å². The summed E-state index contributed by atoms with van der Waals surface area (Å²) in [5.74, 6) is -0.168. The summed E-state index contributed by atoms with van der Waals surface area (Å²) >= 11 is 0. The Morgan fingerprint density at radius 2 is 2.37 bits per heavy atom. The highest BCUT2D eigenvalue weighted by Gasteiger charge is 2.29. The van der Waals surface area contributed by atoms with Gasteiger partial charge in [0.25, 0.3) is 0 Å². The Morgan fingerprint density at radius 1 is 1.58 bits per heavy atom. The number of hydrogen-bond acceptors (Lipinski definition) is 3. The molecule has 2 N–H and O–H groups in total. The molecule has 0 aromatic heterocycles. The third kappa shape index (κ3) is 3.28. The zero-order chi connectivity index (χ0) is 13.8. The van der Waals surface area contributed by atoms with Gasteiger partial charge in [-0.1, -0.05) is 29.8 Å². The van der Waals surface area contributed by atoms with Gasteiger partial charge in [-0.25, -0.2) is 0 Å². The molecule has 1 fully saturated rings. The van der Waals surface area contributed by atoms with Gasteiger partial charge in [-0.05, 0) is 31.9 Å². The third-order valence-corrected chi connectivity index (χ3v) is 3.44. The molecule has 0 bridgehead atoms. The van der Waals surface area contributed by atoms with Crippen LogP contribution in [-0.4, -0.2) is 29.0 Å². The Morgan fingerprint density at radius 3 is 3.05 bits per heavy atom. The van der Waals surface area contributed by atoms with Gasteiger partial charge in [0.2, 0.25) is 5.91 Å². The summed E-state index contributed by atoms with van der Waals surface area (Å²) in [7, 11) is 0. The number of aliphatic hydroxyl groups is 1. The first-order valence-electron chi connectivity index (χ1n) is 6.55. The summed E-state index contributed by atoms with van der Waals surface area (Å²) in [6.45, 7) is 6.24. The summed E-state index contributed by atoms with van der Waals surface area (Å²) in [6, 6.07) is 8.44. The molecule has 1 aliphatic heterocycles. The molecule has 1 aliphatic rings. The van der Waals surface area contributed by atoms with Crippen molar-refractivity contribution in [3.8, 4) is 0 Å². The van der Waals surface area contributed by atoms with Crippen LogP contribution in [0.15, 0.2) is 36.7 Å². The van der Waals surface area contributed by atoms with E-state index in [9.17, 15) is 4.79 Å². The summed E-state index contributed by atoms with van der Waals surface area (Å²) in [6.07, 6.45) is 2.01. The summed E-state index contributed by atoms with van der Waals surface area (Å²) < 4.78 is 0. The van der Waals surface area contributed by atoms with Crippen LogP contribution in [0, 0.1) is 6.92 Å². The average Bonchev–Trinajstić information content (AvgIpc) is 2.85. The minimum atomic E-state index is -0.167. The maximum absolute atomic E-state index is 12.1. The van der Waals surface area contributed by atoms with E-state index >= 15 is 0 Å². The molecule has 4 nitrogen and oxygen atoms in total. The fourth-order valence-electron chi connectivity index (χ4n) is 2.57. The molecular formula is C15H20N2O2. The summed E-state index contributed by atoms with van der Waals surface area (Å²) in [5.41, 5.74) is 2.40. The number of benzene rings is 1. The van der Waals surface area contributed by atoms with Gasteiger partial charge >= 0.3 is 0 Å². The van der Waals surface area contributed by atoms with Crippen molar-refractivity contribution < 1.29 is 9.90 Å². The molecule has 1 unspecified atom stereocenters. The number of carbonyl (C=O) groups excluding carboxylic acids is 1. The lowest BCUT2D eigenvalue weighted by Crippen LogP contribution is -2.37. The van der Waals surface area contributed by atoms with Crippen LogP contribution in [0.25, 0.3) is 0 Å². The Balaban J connectivity index is 2.08. The van der Waals surface area contributed by atoms with E-state index in [1.807, 2.05) is 11.0 Å². The highest BCUT2D eigenvalue weighted by atomic mass is 16.3. The molecule has 1 aromatic rings. The predicted molar refractivity (Wildman–Crippen MR) is 74.6 cm³/mol. The first-order valence-corrected chi connectivity index (χ1v) is 6.55. The van der Waals surface area contributed by atoms with Crippen LogP contribution in [-0.2, 0) is 4.79 Å². The van der Waals surface area contributed by atoms with Crippen molar-refractivity contribution in [2.24, 2.45) is 0 Å². The second kappa shape index (κ2) is 5.78. The van der Waals surface area contributed by atoms with Crippen molar-refractivity contribution in [2.45, 2.75) is 25.8 Å². The minimum Gasteiger partial charge on any atom is -0.495 e. The average molecular weight is 260 g/mol. The lowest BCUT2D eigenvalue weighted by atomic mass is 10.0. The van der Waals surface area contributed by atoms with Crippen molar-refractivity contribution >= 4 is 5.91 Å². The predicted octanol–water partition coefficient (Wildman–Crippen LogP) is 2.28. The third-order valence-electron chi connectivity index (χ3n) is 3.44. The van der Waals surface area contributed by atoms with E-state index in [4.69, 9.17) is 5.11 Å². The Kier molecular flexibility index (Phi) is 4.10. The van der Waals surface area contributed by atoms with E-state index in [2.05, 4.69) is 37.0 Å². The van der Waals surface area contributed by atoms with Crippen LogP contribution in [0.2, 0.25) is 0 Å². The summed E-state index contributed by atoms with van der Waals surface area (Å²) in [4.78, 5) is 14.0. The van der Waals surface area contributed by atoms with Gasteiger partial charge in [0, 0.05) is 6.54 Å². The van der Waals surface area contributed by atoms with Crippen molar-refractivity contribution in [1.82, 2.24) is 10.2 Å². The first-order chi connectivity index (χ1) is 9.08. The lowest BCUT2D eigenvalue weighted by molar-refractivity contribution is -0.131. The zero-order valence-corrected chi connectivity index (χ0v) is 11.2. The van der Waals surface area contributed by atoms with Crippen LogP contribution < -0.4 is 5.32 Å². The number of amides is 1. The quantitative estimate of drug-likeness (QED) is 0.817. The number of aliphatic hydroxyl groups excluding tert-OH is 1. The van der Waals surface area contributed by atoms with Gasteiger partial charge in [0.1, 0.15) is 0 Å². The van der Waals surface area contributed by atoms with Crippen molar-refractivity contribution in [2.75, 3.05) is 13.1 Å². The first kappa shape index (κ1) is 13.5. The normalized spacial score (nSPS) is 18.4. The van der Waals surface area contributed by atoms with Gasteiger partial charge in [0.15, 0.2) is 5.88 Å². The standard InChI is InChI=1S/C15H20N2O2/c1-11-5-3-6-13(9-11)14-7-4-8-17(14)15(19)10-16-12(2)18/h3,5-6,9,14,16,18H,2,4,7-8,10H2,1H3. The number of nitrogens with zero attached hydrogens (tertiary/aromatic N) is 1. The molecule has 0 spiro atoms. The van der Waals surface area contributed by atoms with Gasteiger partial charge in [-0.2, -0.15) is 0 Å². The molecule has 4 heteroatoms. The van der Waals surface area contributed by atoms with Crippen LogP contribution >= 0.6 is 0 Å². The maximum atomic E-state index is 12.1. The van der Waals surface area contributed by atoms with Crippen molar-refractivity contribution in [3.05, 3.63) is 47.9 Å². The molecular weight excluding hydrogens is 240 g/mol. The van der Waals surface area contributed by atoms with Crippen molar-refractivity contribution in [1.29, 1.82) is 0 Å². The zero-order valence-electron chi connectivity index (χ0n) is 11.2. The highest BCUT2D eigenvalue weighted by Crippen LogP contribution is 2.32. The monoisotopic (exact) mass is 260 g/mol. The fraction of sp³-hybridized carbons (Fsp3) is 0.400. The van der Waals surface area contributed by atoms with E-state index in [0.717, 1.165) is 19.4 Å². The molecule has 0 saturated carbocycles. The second-order valence-electron chi connectivity index (χ2n) is 4.96. The van der Waals surface area contributed by atoms with Crippen LogP contribution in [0.5, 0.6) is 0 Å². The van der Waals surface area contributed by atoms with Gasteiger partial charge in [0.05, 0.1) is 12.6 Å². The maximum Gasteiger partial charge on any atom is 0.242 e. The van der Waals surface area contributed by atoms with Gasteiger partial charge in [-0.15, -0.1) is 0 Å². The SMILES string of the molecule is C=C(O)NCC(=O)N1CCCC1c1cccc(C)c1. The number of nitrogens with one attached hydrogen (secondary N) is 1. The van der Waals surface area contributed by atoms with E-state index in [1.54, 1.807) is 0 Å². The van der Waals surface area contributed by atoms with E-state index in [1.165, 1.54) is 11.1 Å². The number of aryl methyl sites for hydroxylation is 1. The van der Waals surface area contributed by atoms with Gasteiger partial charge < -0.3 is 15.3 Å². The second-order valence-corrected chi connectivity index (χ2v) is 4.96. The van der Waals surface area contributed by atoms with E-state index in [-0.39, 0.29) is 24.4 Å². The molecule has 0 aliphatic carbocycles. The van der Waals surface area contributed by atoms with Crippen LogP contribution in [0.4, 0.5) is 0 Å². The lowest BCUT2D eigenvalue weighted by Gasteiger charge is -2.25.